The highest BCUT2D eigenvalue weighted by Crippen LogP contribution is 2.63. The summed E-state index contributed by atoms with van der Waals surface area (Å²) < 4.78 is 229. The van der Waals surface area contributed by atoms with Gasteiger partial charge in [-0.3, -0.25) is 0 Å². The average molecular weight is 640 g/mol. The van der Waals surface area contributed by atoms with E-state index in [2.05, 4.69) is 4.74 Å². The lowest BCUT2D eigenvalue weighted by molar-refractivity contribution is -0.896. The maximum absolute atomic E-state index is 13.8. The number of nitrogens with zero attached hydrogens (tertiary/aromatic N) is 1. The van der Waals surface area contributed by atoms with Crippen LogP contribution in [0.2, 0.25) is 0 Å². The van der Waals surface area contributed by atoms with Gasteiger partial charge in [-0.05, 0) is 24.3 Å². The van der Waals surface area contributed by atoms with Crippen LogP contribution in [0, 0.1) is 0 Å². The molecule has 0 atom stereocenters. The predicted octanol–water partition coefficient (Wildman–Crippen LogP) is 7.21. The number of carboxylic acid groups (broad SMARTS) is 1. The molecule has 21 heteroatoms. The Morgan fingerprint density at radius 1 is 0.707 bits per heavy atom. The molecule has 1 aromatic carbocycles. The van der Waals surface area contributed by atoms with E-state index in [-0.39, 0.29) is 16.6 Å². The molecule has 0 aliphatic heterocycles. The van der Waals surface area contributed by atoms with E-state index < -0.39 is 71.8 Å². The quantitative estimate of drug-likeness (QED) is 0.149. The van der Waals surface area contributed by atoms with Crippen LogP contribution in [0.15, 0.2) is 36.1 Å². The van der Waals surface area contributed by atoms with E-state index in [9.17, 15) is 79.4 Å². The Morgan fingerprint density at radius 2 is 1.10 bits per heavy atom. The number of likely N-dealkylation sites (N-methyl/N-ethyl adjacent to an activating group) is 1. The number of carbonyl (C=O) groups is 1. The number of aliphatic carboxylic acids is 1. The van der Waals surface area contributed by atoms with Crippen LogP contribution in [0.4, 0.5) is 74.6 Å². The van der Waals surface area contributed by atoms with Crippen molar-refractivity contribution in [3.05, 3.63) is 41.7 Å². The monoisotopic (exact) mass is 640 g/mol. The first-order valence-electron chi connectivity index (χ1n) is 10.1. The summed E-state index contributed by atoms with van der Waals surface area (Å²) in [5.41, 5.74) is 0.212. The molecule has 0 spiro atoms. The van der Waals surface area contributed by atoms with Crippen molar-refractivity contribution in [2.75, 3.05) is 20.6 Å². The first kappa shape index (κ1) is 36.0. The Bertz CT molecular complexity index is 1140. The third-order valence-corrected chi connectivity index (χ3v) is 5.08. The summed E-state index contributed by atoms with van der Waals surface area (Å²) in [4.78, 5) is 10.8. The molecule has 0 aromatic heterocycles. The zero-order valence-electron chi connectivity index (χ0n) is 19.9. The molecule has 0 bridgehead atoms. The number of hydrogen-bond acceptors (Lipinski definition) is 2. The minimum atomic E-state index is -8.66. The standard InChI is InChI=1S/C20H14F17NO3/c1-38(2,8-11(39)40)7-9-3-5-10(6-4-9)41-13(22)12(21)14(23,24)15(25,26)16(27,28)17(29,30)18(31,32)19(33,34)20(35,36)37/h3-6H,7-8H2,1-2H3/p+1. The number of benzene rings is 1. The highest BCUT2D eigenvalue weighted by atomic mass is 19.4. The van der Waals surface area contributed by atoms with Crippen molar-refractivity contribution in [1.82, 2.24) is 0 Å². The lowest BCUT2D eigenvalue weighted by atomic mass is 9.91. The molecule has 0 fully saturated rings. The summed E-state index contributed by atoms with van der Waals surface area (Å²) in [6.07, 6.45) is -7.81. The van der Waals surface area contributed by atoms with Crippen molar-refractivity contribution in [1.29, 1.82) is 0 Å². The third-order valence-electron chi connectivity index (χ3n) is 5.08. The van der Waals surface area contributed by atoms with Crippen LogP contribution >= 0.6 is 0 Å². The fourth-order valence-corrected chi connectivity index (χ4v) is 2.96. The van der Waals surface area contributed by atoms with E-state index in [0.29, 0.717) is 12.1 Å². The average Bonchev–Trinajstić information content (AvgIpc) is 2.77. The summed E-state index contributed by atoms with van der Waals surface area (Å²) in [5, 5.41) is 8.81. The van der Waals surface area contributed by atoms with Gasteiger partial charge < -0.3 is 14.3 Å². The minimum absolute atomic E-state index is 0.0785. The largest absolute Gasteiger partial charge is 0.477 e. The maximum atomic E-state index is 13.8. The van der Waals surface area contributed by atoms with E-state index in [1.165, 1.54) is 14.1 Å². The van der Waals surface area contributed by atoms with Gasteiger partial charge in [-0.15, -0.1) is 0 Å². The highest BCUT2D eigenvalue weighted by molar-refractivity contribution is 5.67. The molecular weight excluding hydrogens is 625 g/mol. The lowest BCUT2D eigenvalue weighted by Gasteiger charge is -2.41. The Balaban J connectivity index is 3.41. The van der Waals surface area contributed by atoms with Crippen LogP contribution in [0.3, 0.4) is 0 Å². The van der Waals surface area contributed by atoms with Gasteiger partial charge >= 0.3 is 53.7 Å². The van der Waals surface area contributed by atoms with Gasteiger partial charge in [0.05, 0.1) is 14.1 Å². The molecule has 1 N–H and O–H groups in total. The predicted molar refractivity (Wildman–Crippen MR) is 100 cm³/mol. The van der Waals surface area contributed by atoms with Crippen LogP contribution in [0.5, 0.6) is 5.75 Å². The highest BCUT2D eigenvalue weighted by Gasteiger charge is 2.93. The molecule has 4 nitrogen and oxygen atoms in total. The van der Waals surface area contributed by atoms with Crippen molar-refractivity contribution < 1.29 is 93.8 Å². The Hall–Kier alpha value is -3.00. The van der Waals surface area contributed by atoms with E-state index >= 15 is 0 Å². The molecule has 0 amide bonds. The van der Waals surface area contributed by atoms with Gasteiger partial charge in [0.15, 0.2) is 6.54 Å². The second kappa shape index (κ2) is 10.7. The van der Waals surface area contributed by atoms with Gasteiger partial charge in [0.25, 0.3) is 0 Å². The van der Waals surface area contributed by atoms with Crippen LogP contribution in [-0.2, 0) is 11.3 Å². The Morgan fingerprint density at radius 3 is 1.49 bits per heavy atom. The van der Waals surface area contributed by atoms with Gasteiger partial charge in [0.1, 0.15) is 12.3 Å². The molecule has 0 saturated carbocycles. The SMILES string of the molecule is C[N+](C)(CC(=O)O)Cc1ccc(OC(F)=C(F)C(F)(F)C(F)(F)C(F)(F)C(F)(F)C(F)(F)C(F)(F)C(F)(F)F)cc1. The van der Waals surface area contributed by atoms with Gasteiger partial charge in [-0.25, -0.2) is 4.79 Å². The molecule has 0 aliphatic carbocycles. The molecule has 236 valence electrons. The number of quaternary nitrogens is 1. The van der Waals surface area contributed by atoms with Gasteiger partial charge in [-0.2, -0.15) is 74.6 Å². The third kappa shape index (κ3) is 6.27. The normalized spacial score (nSPS) is 15.5. The fraction of sp³-hybridized carbons (Fsp3) is 0.550. The molecule has 0 saturated heterocycles. The van der Waals surface area contributed by atoms with Crippen molar-refractivity contribution in [2.45, 2.75) is 48.3 Å². The summed E-state index contributed by atoms with van der Waals surface area (Å²) in [6, 6.07) is -0.459. The second-order valence-electron chi connectivity index (χ2n) is 8.92. The molecule has 1 rings (SSSR count). The zero-order valence-corrected chi connectivity index (χ0v) is 19.9. The van der Waals surface area contributed by atoms with Crippen molar-refractivity contribution in [3.8, 4) is 5.75 Å². The van der Waals surface area contributed by atoms with E-state index in [0.717, 1.165) is 12.1 Å². The molecule has 0 aliphatic rings. The first-order chi connectivity index (χ1) is 17.9. The molecule has 0 heterocycles. The molecule has 0 unspecified atom stereocenters. The number of rotatable bonds is 12. The number of halogens is 17. The van der Waals surface area contributed by atoms with E-state index in [4.69, 9.17) is 5.11 Å². The Kier molecular flexibility index (Phi) is 9.39. The van der Waals surface area contributed by atoms with Crippen LogP contribution in [-0.4, -0.2) is 77.9 Å². The number of alkyl halides is 15. The van der Waals surface area contributed by atoms with E-state index in [1.807, 2.05) is 0 Å². The summed E-state index contributed by atoms with van der Waals surface area (Å²) in [5.74, 6) is -56.7. The van der Waals surface area contributed by atoms with Crippen LogP contribution in [0.1, 0.15) is 5.56 Å². The fourth-order valence-electron chi connectivity index (χ4n) is 2.96. The molecule has 41 heavy (non-hydrogen) atoms. The lowest BCUT2D eigenvalue weighted by Crippen LogP contribution is -2.72. The zero-order chi connectivity index (χ0) is 32.8. The molecule has 1 aromatic rings. The van der Waals surface area contributed by atoms with Crippen LogP contribution in [0.25, 0.3) is 0 Å². The Labute approximate surface area is 217 Å². The topological polar surface area (TPSA) is 46.5 Å². The van der Waals surface area contributed by atoms with Crippen molar-refractivity contribution in [3.63, 3.8) is 0 Å². The number of hydrogen-bond donors (Lipinski definition) is 1. The maximum Gasteiger partial charge on any atom is 0.460 e. The van der Waals surface area contributed by atoms with Gasteiger partial charge in [0, 0.05) is 5.56 Å². The number of carboxylic acids is 1. The summed E-state index contributed by atoms with van der Waals surface area (Å²) >= 11 is 0. The molecule has 0 radical (unpaired) electrons. The van der Waals surface area contributed by atoms with Crippen LogP contribution < -0.4 is 4.74 Å². The number of allylic oxidation sites excluding steroid dienone is 1. The van der Waals surface area contributed by atoms with E-state index in [1.54, 1.807) is 0 Å². The smallest absolute Gasteiger partial charge is 0.460 e. The second-order valence-corrected chi connectivity index (χ2v) is 8.92. The first-order valence-corrected chi connectivity index (χ1v) is 10.1. The van der Waals surface area contributed by atoms with Gasteiger partial charge in [-0.1, -0.05) is 0 Å². The molecular formula is C20H15F17NO3+. The number of ether oxygens (including phenoxy) is 1. The van der Waals surface area contributed by atoms with Crippen molar-refractivity contribution >= 4 is 5.97 Å². The van der Waals surface area contributed by atoms with Gasteiger partial charge in [0.2, 0.25) is 5.83 Å². The minimum Gasteiger partial charge on any atom is -0.477 e. The van der Waals surface area contributed by atoms with Crippen molar-refractivity contribution in [2.24, 2.45) is 0 Å². The summed E-state index contributed by atoms with van der Waals surface area (Å²) in [6.45, 7) is -0.515. The summed E-state index contributed by atoms with van der Waals surface area (Å²) in [7, 11) is 2.83.